The van der Waals surface area contributed by atoms with E-state index in [2.05, 4.69) is 26.1 Å². The topological polar surface area (TPSA) is 30.5 Å². The third-order valence-corrected chi connectivity index (χ3v) is 4.80. The molecule has 3 nitrogen and oxygen atoms in total. The van der Waals surface area contributed by atoms with Crippen molar-refractivity contribution in [2.75, 3.05) is 26.4 Å². The number of hydrogen-bond donors (Lipinski definition) is 1. The second kappa shape index (κ2) is 7.05. The highest BCUT2D eigenvalue weighted by Crippen LogP contribution is 2.51. The van der Waals surface area contributed by atoms with Gasteiger partial charge in [0.2, 0.25) is 0 Å². The van der Waals surface area contributed by atoms with E-state index in [-0.39, 0.29) is 0 Å². The molecule has 2 aliphatic rings. The number of ether oxygens (including phenoxy) is 2. The Balaban J connectivity index is 1.60. The summed E-state index contributed by atoms with van der Waals surface area (Å²) in [7, 11) is 0. The molecule has 0 radical (unpaired) electrons. The van der Waals surface area contributed by atoms with Crippen molar-refractivity contribution in [3.8, 4) is 0 Å². The lowest BCUT2D eigenvalue weighted by Crippen LogP contribution is -2.69. The predicted molar refractivity (Wildman–Crippen MR) is 78.4 cm³/mol. The SMILES string of the molecule is CCCCOCCCNC1C2CCCOC2C1(C)C. The van der Waals surface area contributed by atoms with E-state index in [4.69, 9.17) is 9.47 Å². The van der Waals surface area contributed by atoms with Crippen LogP contribution in [0.4, 0.5) is 0 Å². The minimum Gasteiger partial charge on any atom is -0.381 e. The minimum absolute atomic E-state index is 0.300. The van der Waals surface area contributed by atoms with E-state index in [0.717, 1.165) is 38.7 Å². The molecule has 2 rings (SSSR count). The summed E-state index contributed by atoms with van der Waals surface area (Å²) in [5, 5.41) is 3.74. The van der Waals surface area contributed by atoms with Gasteiger partial charge < -0.3 is 14.8 Å². The molecule has 1 aliphatic heterocycles. The van der Waals surface area contributed by atoms with Crippen LogP contribution < -0.4 is 5.32 Å². The highest BCUT2D eigenvalue weighted by atomic mass is 16.5. The van der Waals surface area contributed by atoms with Gasteiger partial charge in [0.15, 0.2) is 0 Å². The van der Waals surface area contributed by atoms with Crippen LogP contribution in [0.3, 0.4) is 0 Å². The van der Waals surface area contributed by atoms with E-state index in [1.807, 2.05) is 0 Å². The molecular formula is C16H31NO2. The first-order valence-electron chi connectivity index (χ1n) is 8.10. The van der Waals surface area contributed by atoms with Crippen LogP contribution in [0, 0.1) is 11.3 Å². The standard InChI is InChI=1S/C16H31NO2/c1-4-5-10-18-11-7-9-17-14-13-8-6-12-19-15(13)16(14,2)3/h13-15,17H,4-12H2,1-3H3. The zero-order valence-electron chi connectivity index (χ0n) is 12.9. The molecule has 0 aromatic carbocycles. The van der Waals surface area contributed by atoms with Crippen molar-refractivity contribution in [3.05, 3.63) is 0 Å². The lowest BCUT2D eigenvalue weighted by Gasteiger charge is -2.60. The molecule has 2 fully saturated rings. The van der Waals surface area contributed by atoms with Gasteiger partial charge in [-0.05, 0) is 32.2 Å². The third kappa shape index (κ3) is 3.50. The van der Waals surface area contributed by atoms with Gasteiger partial charge in [0, 0.05) is 37.2 Å². The van der Waals surface area contributed by atoms with E-state index in [0.29, 0.717) is 17.6 Å². The van der Waals surface area contributed by atoms with E-state index < -0.39 is 0 Å². The van der Waals surface area contributed by atoms with Gasteiger partial charge in [0.05, 0.1) is 6.10 Å². The molecule has 0 aromatic rings. The summed E-state index contributed by atoms with van der Waals surface area (Å²) >= 11 is 0. The molecule has 3 heteroatoms. The normalized spacial score (nSPS) is 32.7. The quantitative estimate of drug-likeness (QED) is 0.687. The van der Waals surface area contributed by atoms with Gasteiger partial charge in [-0.3, -0.25) is 0 Å². The van der Waals surface area contributed by atoms with Crippen molar-refractivity contribution in [1.29, 1.82) is 0 Å². The van der Waals surface area contributed by atoms with Crippen molar-refractivity contribution < 1.29 is 9.47 Å². The Morgan fingerprint density at radius 2 is 2.05 bits per heavy atom. The van der Waals surface area contributed by atoms with E-state index in [1.54, 1.807) is 0 Å². The first-order valence-corrected chi connectivity index (χ1v) is 8.10. The van der Waals surface area contributed by atoms with Crippen molar-refractivity contribution in [3.63, 3.8) is 0 Å². The Bertz CT molecular complexity index is 267. The minimum atomic E-state index is 0.300. The maximum Gasteiger partial charge on any atom is 0.0684 e. The summed E-state index contributed by atoms with van der Waals surface area (Å²) in [5.74, 6) is 0.741. The maximum absolute atomic E-state index is 5.93. The van der Waals surface area contributed by atoms with Crippen LogP contribution in [0.5, 0.6) is 0 Å². The second-order valence-electron chi connectivity index (χ2n) is 6.67. The zero-order valence-corrected chi connectivity index (χ0v) is 12.9. The van der Waals surface area contributed by atoms with Crippen LogP contribution in [0.2, 0.25) is 0 Å². The Labute approximate surface area is 118 Å². The molecule has 1 N–H and O–H groups in total. The van der Waals surface area contributed by atoms with Crippen LogP contribution in [-0.2, 0) is 9.47 Å². The molecule has 1 aliphatic carbocycles. The average Bonchev–Trinajstić information content (AvgIpc) is 2.41. The second-order valence-corrected chi connectivity index (χ2v) is 6.67. The molecule has 1 saturated heterocycles. The Hall–Kier alpha value is -0.120. The van der Waals surface area contributed by atoms with Gasteiger partial charge in [-0.1, -0.05) is 27.2 Å². The first-order chi connectivity index (χ1) is 9.18. The van der Waals surface area contributed by atoms with Crippen LogP contribution in [0.15, 0.2) is 0 Å². The largest absolute Gasteiger partial charge is 0.381 e. The molecule has 1 heterocycles. The Kier molecular flexibility index (Phi) is 5.67. The Morgan fingerprint density at radius 1 is 1.26 bits per heavy atom. The molecule has 0 spiro atoms. The molecule has 0 amide bonds. The fourth-order valence-corrected chi connectivity index (χ4v) is 3.72. The zero-order chi connectivity index (χ0) is 13.7. The third-order valence-electron chi connectivity index (χ3n) is 4.80. The van der Waals surface area contributed by atoms with Crippen LogP contribution >= 0.6 is 0 Å². The van der Waals surface area contributed by atoms with Gasteiger partial charge >= 0.3 is 0 Å². The first kappa shape index (κ1) is 15.3. The molecule has 112 valence electrons. The summed E-state index contributed by atoms with van der Waals surface area (Å²) in [6.07, 6.45) is 6.57. The summed E-state index contributed by atoms with van der Waals surface area (Å²) in [6.45, 7) is 10.7. The van der Waals surface area contributed by atoms with Crippen molar-refractivity contribution >= 4 is 0 Å². The summed E-state index contributed by atoms with van der Waals surface area (Å²) in [4.78, 5) is 0. The van der Waals surface area contributed by atoms with Crippen LogP contribution in [0.25, 0.3) is 0 Å². The number of unbranched alkanes of at least 4 members (excludes halogenated alkanes) is 1. The van der Waals surface area contributed by atoms with Crippen molar-refractivity contribution in [2.45, 2.75) is 65.0 Å². The number of hydrogen-bond acceptors (Lipinski definition) is 3. The van der Waals surface area contributed by atoms with Gasteiger partial charge in [-0.25, -0.2) is 0 Å². The van der Waals surface area contributed by atoms with E-state index >= 15 is 0 Å². The highest BCUT2D eigenvalue weighted by molar-refractivity contribution is 5.10. The molecule has 19 heavy (non-hydrogen) atoms. The maximum atomic E-state index is 5.93. The molecule has 3 atom stereocenters. The van der Waals surface area contributed by atoms with Crippen LogP contribution in [-0.4, -0.2) is 38.5 Å². The van der Waals surface area contributed by atoms with E-state index in [1.165, 1.54) is 25.7 Å². The highest BCUT2D eigenvalue weighted by Gasteiger charge is 2.57. The lowest BCUT2D eigenvalue weighted by molar-refractivity contribution is -0.192. The predicted octanol–water partition coefficient (Wildman–Crippen LogP) is 2.99. The fraction of sp³-hybridized carbons (Fsp3) is 1.00. The smallest absolute Gasteiger partial charge is 0.0684 e. The van der Waals surface area contributed by atoms with Crippen molar-refractivity contribution in [2.24, 2.45) is 11.3 Å². The summed E-state index contributed by atoms with van der Waals surface area (Å²) in [5.41, 5.74) is 0.300. The number of rotatable bonds is 8. The Morgan fingerprint density at radius 3 is 2.84 bits per heavy atom. The molecule has 1 saturated carbocycles. The monoisotopic (exact) mass is 269 g/mol. The molecule has 3 unspecified atom stereocenters. The molecule has 0 aromatic heterocycles. The van der Waals surface area contributed by atoms with Gasteiger partial charge in [0.1, 0.15) is 0 Å². The van der Waals surface area contributed by atoms with Crippen molar-refractivity contribution in [1.82, 2.24) is 5.32 Å². The molecule has 0 bridgehead atoms. The number of fused-ring (bicyclic) bond motifs is 1. The fourth-order valence-electron chi connectivity index (χ4n) is 3.72. The van der Waals surface area contributed by atoms with Crippen LogP contribution in [0.1, 0.15) is 52.9 Å². The van der Waals surface area contributed by atoms with Gasteiger partial charge in [0.25, 0.3) is 0 Å². The lowest BCUT2D eigenvalue weighted by atomic mass is 9.55. The average molecular weight is 269 g/mol. The van der Waals surface area contributed by atoms with E-state index in [9.17, 15) is 0 Å². The summed E-state index contributed by atoms with van der Waals surface area (Å²) in [6, 6.07) is 0.633. The van der Waals surface area contributed by atoms with Gasteiger partial charge in [-0.2, -0.15) is 0 Å². The van der Waals surface area contributed by atoms with Gasteiger partial charge in [-0.15, -0.1) is 0 Å². The summed E-state index contributed by atoms with van der Waals surface area (Å²) < 4.78 is 11.5. The number of nitrogens with one attached hydrogen (secondary N) is 1. The molecular weight excluding hydrogens is 238 g/mol.